The molecule has 0 heterocycles. The molecule has 2 rings (SSSR count). The Morgan fingerprint density at radius 1 is 0.950 bits per heavy atom. The van der Waals surface area contributed by atoms with Gasteiger partial charge in [-0.15, -0.1) is 0 Å². The fraction of sp³-hybridized carbons (Fsp3) is 0.133. The highest BCUT2D eigenvalue weighted by atomic mass is 35.5. The molecule has 0 bridgehead atoms. The van der Waals surface area contributed by atoms with Crippen molar-refractivity contribution in [3.05, 3.63) is 58.1 Å². The van der Waals surface area contributed by atoms with Crippen molar-refractivity contribution in [2.24, 2.45) is 0 Å². The Hall–Kier alpha value is -1.71. The van der Waals surface area contributed by atoms with E-state index >= 15 is 0 Å². The van der Waals surface area contributed by atoms with E-state index in [4.69, 9.17) is 32.7 Å². The molecule has 2 aromatic rings. The Labute approximate surface area is 127 Å². The van der Waals surface area contributed by atoms with Crippen LogP contribution in [0.1, 0.15) is 10.4 Å². The smallest absolute Gasteiger partial charge is 0.153 e. The lowest BCUT2D eigenvalue weighted by Gasteiger charge is -2.10. The molecule has 0 radical (unpaired) electrons. The average Bonchev–Trinajstić information content (AvgIpc) is 2.46. The molecule has 0 aliphatic rings. The molecule has 0 saturated carbocycles. The second-order valence-corrected chi connectivity index (χ2v) is 4.77. The van der Waals surface area contributed by atoms with Crippen molar-refractivity contribution in [2.75, 3.05) is 13.2 Å². The van der Waals surface area contributed by atoms with Gasteiger partial charge in [-0.25, -0.2) is 0 Å². The Bertz CT molecular complexity index is 599. The molecule has 0 aromatic heterocycles. The van der Waals surface area contributed by atoms with Gasteiger partial charge in [0.1, 0.15) is 24.7 Å². The average molecular weight is 311 g/mol. The SMILES string of the molecule is O=Cc1cc(Cl)ccc1OCCOc1ccccc1Cl. The van der Waals surface area contributed by atoms with E-state index in [0.717, 1.165) is 0 Å². The number of halogens is 2. The van der Waals surface area contributed by atoms with E-state index in [1.54, 1.807) is 30.3 Å². The molecule has 0 amide bonds. The minimum atomic E-state index is 0.299. The van der Waals surface area contributed by atoms with Crippen LogP contribution in [-0.2, 0) is 0 Å². The Kier molecular flexibility index (Phi) is 5.27. The molecule has 0 unspecified atom stereocenters. The van der Waals surface area contributed by atoms with Gasteiger partial charge in [0.2, 0.25) is 0 Å². The molecule has 2 aromatic carbocycles. The summed E-state index contributed by atoms with van der Waals surface area (Å²) in [4.78, 5) is 10.9. The molecule has 5 heteroatoms. The number of benzene rings is 2. The number of carbonyl (C=O) groups is 1. The molecule has 20 heavy (non-hydrogen) atoms. The molecular weight excluding hydrogens is 299 g/mol. The van der Waals surface area contributed by atoms with Crippen LogP contribution >= 0.6 is 23.2 Å². The molecule has 0 saturated heterocycles. The van der Waals surface area contributed by atoms with Gasteiger partial charge in [0.25, 0.3) is 0 Å². The summed E-state index contributed by atoms with van der Waals surface area (Å²) in [7, 11) is 0. The first-order valence-electron chi connectivity index (χ1n) is 5.95. The lowest BCUT2D eigenvalue weighted by molar-refractivity contribution is 0.111. The molecule has 104 valence electrons. The molecular formula is C15H12Cl2O3. The minimum absolute atomic E-state index is 0.299. The number of aldehydes is 1. The largest absolute Gasteiger partial charge is 0.489 e. The Morgan fingerprint density at radius 2 is 1.65 bits per heavy atom. The van der Waals surface area contributed by atoms with Crippen molar-refractivity contribution >= 4 is 29.5 Å². The Balaban J connectivity index is 1.88. The summed E-state index contributed by atoms with van der Waals surface area (Å²) in [6, 6.07) is 12.1. The van der Waals surface area contributed by atoms with Gasteiger partial charge >= 0.3 is 0 Å². The number of ether oxygens (including phenoxy) is 2. The highest BCUT2D eigenvalue weighted by molar-refractivity contribution is 6.32. The predicted octanol–water partition coefficient (Wildman–Crippen LogP) is 4.26. The predicted molar refractivity (Wildman–Crippen MR) is 79.3 cm³/mol. The topological polar surface area (TPSA) is 35.5 Å². The van der Waals surface area contributed by atoms with E-state index in [-0.39, 0.29) is 0 Å². The fourth-order valence-corrected chi connectivity index (χ4v) is 1.98. The van der Waals surface area contributed by atoms with Gasteiger partial charge in [-0.1, -0.05) is 35.3 Å². The van der Waals surface area contributed by atoms with Crippen molar-refractivity contribution in [3.63, 3.8) is 0 Å². The molecule has 0 atom stereocenters. The third-order valence-electron chi connectivity index (χ3n) is 2.53. The summed E-state index contributed by atoms with van der Waals surface area (Å²) in [5.74, 6) is 1.08. The maximum absolute atomic E-state index is 10.9. The highest BCUT2D eigenvalue weighted by Gasteiger charge is 2.04. The summed E-state index contributed by atoms with van der Waals surface area (Å²) < 4.78 is 11.0. The van der Waals surface area contributed by atoms with E-state index < -0.39 is 0 Å². The maximum atomic E-state index is 10.9. The van der Waals surface area contributed by atoms with Crippen LogP contribution in [0, 0.1) is 0 Å². The van der Waals surface area contributed by atoms with Crippen LogP contribution in [0.2, 0.25) is 10.0 Å². The fourth-order valence-electron chi connectivity index (χ4n) is 1.61. The third kappa shape index (κ3) is 3.89. The number of rotatable bonds is 6. The molecule has 0 N–H and O–H groups in total. The van der Waals surface area contributed by atoms with E-state index in [9.17, 15) is 4.79 Å². The van der Waals surface area contributed by atoms with Crippen LogP contribution in [0.15, 0.2) is 42.5 Å². The summed E-state index contributed by atoms with van der Waals surface area (Å²) in [6.07, 6.45) is 0.704. The van der Waals surface area contributed by atoms with Crippen LogP contribution in [0.3, 0.4) is 0 Å². The first-order valence-corrected chi connectivity index (χ1v) is 6.71. The van der Waals surface area contributed by atoms with E-state index in [2.05, 4.69) is 0 Å². The van der Waals surface area contributed by atoms with Gasteiger partial charge in [0.05, 0.1) is 10.6 Å². The van der Waals surface area contributed by atoms with Crippen molar-refractivity contribution in [1.82, 2.24) is 0 Å². The second-order valence-electron chi connectivity index (χ2n) is 3.93. The lowest BCUT2D eigenvalue weighted by Crippen LogP contribution is -2.10. The number of hydrogen-bond acceptors (Lipinski definition) is 3. The molecule has 0 aliphatic carbocycles. The van der Waals surface area contributed by atoms with Gasteiger partial charge in [0, 0.05) is 5.02 Å². The maximum Gasteiger partial charge on any atom is 0.153 e. The zero-order valence-corrected chi connectivity index (χ0v) is 12.0. The van der Waals surface area contributed by atoms with Crippen LogP contribution in [0.4, 0.5) is 0 Å². The minimum Gasteiger partial charge on any atom is -0.489 e. The van der Waals surface area contributed by atoms with Crippen LogP contribution in [-0.4, -0.2) is 19.5 Å². The van der Waals surface area contributed by atoms with Gasteiger partial charge in [-0.05, 0) is 30.3 Å². The summed E-state index contributed by atoms with van der Waals surface area (Å²) >= 11 is 11.8. The van der Waals surface area contributed by atoms with Crippen LogP contribution in [0.25, 0.3) is 0 Å². The second kappa shape index (κ2) is 7.17. The Morgan fingerprint density at radius 3 is 2.35 bits per heavy atom. The van der Waals surface area contributed by atoms with Crippen molar-refractivity contribution in [1.29, 1.82) is 0 Å². The zero-order valence-electron chi connectivity index (χ0n) is 10.5. The quantitative estimate of drug-likeness (QED) is 0.590. The van der Waals surface area contributed by atoms with Gasteiger partial charge in [0.15, 0.2) is 6.29 Å². The first kappa shape index (κ1) is 14.7. The lowest BCUT2D eigenvalue weighted by atomic mass is 10.2. The molecule has 3 nitrogen and oxygen atoms in total. The monoisotopic (exact) mass is 310 g/mol. The number of hydrogen-bond donors (Lipinski definition) is 0. The molecule has 0 aliphatic heterocycles. The normalized spacial score (nSPS) is 10.1. The number of para-hydroxylation sites is 1. The van der Waals surface area contributed by atoms with Crippen LogP contribution in [0.5, 0.6) is 11.5 Å². The summed E-state index contributed by atoms with van der Waals surface area (Å²) in [5.41, 5.74) is 0.412. The molecule has 0 spiro atoms. The first-order chi connectivity index (χ1) is 9.70. The van der Waals surface area contributed by atoms with Crippen molar-refractivity contribution < 1.29 is 14.3 Å². The standard InChI is InChI=1S/C15H12Cl2O3/c16-12-5-6-14(11(9-12)10-18)19-7-8-20-15-4-2-1-3-13(15)17/h1-6,9-10H,7-8H2. The van der Waals surface area contributed by atoms with E-state index in [1.807, 2.05) is 12.1 Å². The number of carbonyl (C=O) groups excluding carboxylic acids is 1. The molecule has 0 fully saturated rings. The van der Waals surface area contributed by atoms with Crippen molar-refractivity contribution in [3.8, 4) is 11.5 Å². The summed E-state index contributed by atoms with van der Waals surface area (Å²) in [5, 5.41) is 1.04. The van der Waals surface area contributed by atoms with E-state index in [0.29, 0.717) is 46.6 Å². The zero-order chi connectivity index (χ0) is 14.4. The van der Waals surface area contributed by atoms with Gasteiger partial charge in [-0.2, -0.15) is 0 Å². The van der Waals surface area contributed by atoms with Gasteiger partial charge < -0.3 is 9.47 Å². The van der Waals surface area contributed by atoms with E-state index in [1.165, 1.54) is 0 Å². The summed E-state index contributed by atoms with van der Waals surface area (Å²) in [6.45, 7) is 0.623. The van der Waals surface area contributed by atoms with Crippen molar-refractivity contribution in [2.45, 2.75) is 0 Å². The third-order valence-corrected chi connectivity index (χ3v) is 3.08. The highest BCUT2D eigenvalue weighted by Crippen LogP contribution is 2.23. The van der Waals surface area contributed by atoms with Crippen LogP contribution < -0.4 is 9.47 Å². The van der Waals surface area contributed by atoms with Gasteiger partial charge in [-0.3, -0.25) is 4.79 Å².